The highest BCUT2D eigenvalue weighted by atomic mass is 32.1. The molecule has 8 heteroatoms. The topological polar surface area (TPSA) is 95.3 Å². The van der Waals surface area contributed by atoms with E-state index in [9.17, 15) is 14.9 Å². The van der Waals surface area contributed by atoms with E-state index >= 15 is 0 Å². The van der Waals surface area contributed by atoms with Gasteiger partial charge in [0.2, 0.25) is 5.91 Å². The number of benzene rings is 2. The van der Waals surface area contributed by atoms with E-state index in [1.807, 2.05) is 36.4 Å². The molecule has 1 aromatic heterocycles. The SMILES string of the molecule is COc1ccc(N(C(C)=O)c2nc(/C=C(\C#N)C(=O)NCCc3ccccc3)cs2)cc1. The molecule has 0 aliphatic heterocycles. The summed E-state index contributed by atoms with van der Waals surface area (Å²) in [7, 11) is 1.57. The first kappa shape index (κ1) is 22.7. The molecule has 1 N–H and O–H groups in total. The molecule has 7 nitrogen and oxygen atoms in total. The summed E-state index contributed by atoms with van der Waals surface area (Å²) >= 11 is 1.25. The number of carbonyl (C=O) groups is 2. The van der Waals surface area contributed by atoms with E-state index in [4.69, 9.17) is 4.74 Å². The van der Waals surface area contributed by atoms with Crippen LogP contribution in [0.1, 0.15) is 18.2 Å². The van der Waals surface area contributed by atoms with Crippen molar-refractivity contribution in [1.82, 2.24) is 10.3 Å². The van der Waals surface area contributed by atoms with Gasteiger partial charge in [-0.25, -0.2) is 4.98 Å². The number of hydrogen-bond acceptors (Lipinski definition) is 6. The molecule has 3 aromatic rings. The number of rotatable bonds is 8. The third-order valence-electron chi connectivity index (χ3n) is 4.55. The molecule has 3 rings (SSSR count). The summed E-state index contributed by atoms with van der Waals surface area (Å²) in [6, 6.07) is 18.7. The second kappa shape index (κ2) is 10.9. The van der Waals surface area contributed by atoms with E-state index in [1.54, 1.807) is 36.8 Å². The summed E-state index contributed by atoms with van der Waals surface area (Å²) < 4.78 is 5.16. The molecule has 0 bridgehead atoms. The van der Waals surface area contributed by atoms with Gasteiger partial charge in [-0.3, -0.25) is 14.5 Å². The van der Waals surface area contributed by atoms with Gasteiger partial charge in [-0.2, -0.15) is 5.26 Å². The Hall–Kier alpha value is -3.96. The van der Waals surface area contributed by atoms with Gasteiger partial charge in [0.15, 0.2) is 5.13 Å². The van der Waals surface area contributed by atoms with Gasteiger partial charge in [0.05, 0.1) is 18.5 Å². The van der Waals surface area contributed by atoms with E-state index in [0.717, 1.165) is 5.56 Å². The Morgan fingerprint density at radius 3 is 2.53 bits per heavy atom. The molecule has 2 aromatic carbocycles. The van der Waals surface area contributed by atoms with E-state index in [1.165, 1.54) is 29.2 Å². The van der Waals surface area contributed by atoms with Crippen LogP contribution < -0.4 is 15.0 Å². The van der Waals surface area contributed by atoms with Gasteiger partial charge in [-0.1, -0.05) is 30.3 Å². The van der Waals surface area contributed by atoms with Crippen molar-refractivity contribution in [3.8, 4) is 11.8 Å². The van der Waals surface area contributed by atoms with Crippen molar-refractivity contribution in [3.05, 3.63) is 76.8 Å². The molecule has 1 heterocycles. The van der Waals surface area contributed by atoms with Crippen molar-refractivity contribution in [2.75, 3.05) is 18.6 Å². The van der Waals surface area contributed by atoms with Crippen LogP contribution in [0.3, 0.4) is 0 Å². The minimum absolute atomic E-state index is 0.0475. The van der Waals surface area contributed by atoms with E-state index in [0.29, 0.717) is 35.2 Å². The van der Waals surface area contributed by atoms with Crippen molar-refractivity contribution in [3.63, 3.8) is 0 Å². The van der Waals surface area contributed by atoms with Crippen LogP contribution >= 0.6 is 11.3 Å². The molecule has 0 saturated heterocycles. The Balaban J connectivity index is 1.71. The fraction of sp³-hybridized carbons (Fsp3) is 0.167. The van der Waals surface area contributed by atoms with E-state index in [2.05, 4.69) is 10.3 Å². The lowest BCUT2D eigenvalue weighted by molar-refractivity contribution is -0.117. The molecular weight excluding hydrogens is 424 g/mol. The maximum atomic E-state index is 12.4. The predicted octanol–water partition coefficient (Wildman–Crippen LogP) is 4.10. The summed E-state index contributed by atoms with van der Waals surface area (Å²) in [6.45, 7) is 1.86. The molecule has 0 aliphatic rings. The first-order chi connectivity index (χ1) is 15.5. The van der Waals surface area contributed by atoms with Gasteiger partial charge < -0.3 is 10.1 Å². The highest BCUT2D eigenvalue weighted by molar-refractivity contribution is 7.14. The van der Waals surface area contributed by atoms with Crippen LogP contribution in [0.4, 0.5) is 10.8 Å². The Labute approximate surface area is 190 Å². The van der Waals surface area contributed by atoms with Crippen LogP contribution in [0.25, 0.3) is 6.08 Å². The lowest BCUT2D eigenvalue weighted by Gasteiger charge is -2.18. The number of thiazole rings is 1. The first-order valence-electron chi connectivity index (χ1n) is 9.86. The van der Waals surface area contributed by atoms with Crippen molar-refractivity contribution >= 4 is 40.0 Å². The van der Waals surface area contributed by atoms with Crippen LogP contribution in [0, 0.1) is 11.3 Å². The zero-order chi connectivity index (χ0) is 22.9. The summed E-state index contributed by atoms with van der Waals surface area (Å²) in [5.41, 5.74) is 2.12. The predicted molar refractivity (Wildman–Crippen MR) is 125 cm³/mol. The number of hydrogen-bond donors (Lipinski definition) is 1. The summed E-state index contributed by atoms with van der Waals surface area (Å²) in [4.78, 5) is 30.6. The van der Waals surface area contributed by atoms with Crippen molar-refractivity contribution < 1.29 is 14.3 Å². The molecular formula is C24H22N4O3S. The van der Waals surface area contributed by atoms with Gasteiger partial charge in [-0.15, -0.1) is 11.3 Å². The minimum atomic E-state index is -0.462. The second-order valence-electron chi connectivity index (χ2n) is 6.77. The zero-order valence-electron chi connectivity index (χ0n) is 17.7. The number of methoxy groups -OCH3 is 1. The van der Waals surface area contributed by atoms with Crippen molar-refractivity contribution in [1.29, 1.82) is 5.26 Å². The Bertz CT molecular complexity index is 1150. The Morgan fingerprint density at radius 1 is 1.19 bits per heavy atom. The van der Waals surface area contributed by atoms with Gasteiger partial charge in [0.1, 0.15) is 17.4 Å². The summed E-state index contributed by atoms with van der Waals surface area (Å²) in [6.07, 6.45) is 2.09. The number of carbonyl (C=O) groups excluding carboxylic acids is 2. The number of nitrogens with one attached hydrogen (secondary N) is 1. The number of nitriles is 1. The van der Waals surface area contributed by atoms with Gasteiger partial charge in [-0.05, 0) is 42.3 Å². The van der Waals surface area contributed by atoms with Gasteiger partial charge >= 0.3 is 0 Å². The normalized spacial score (nSPS) is 10.8. The average Bonchev–Trinajstić information content (AvgIpc) is 3.26. The molecule has 2 amide bonds. The fourth-order valence-corrected chi connectivity index (χ4v) is 3.80. The quantitative estimate of drug-likeness (QED) is 0.415. The molecule has 0 fully saturated rings. The monoisotopic (exact) mass is 446 g/mol. The first-order valence-corrected chi connectivity index (χ1v) is 10.7. The number of anilines is 2. The van der Waals surface area contributed by atoms with Crippen LogP contribution in [0.2, 0.25) is 0 Å². The van der Waals surface area contributed by atoms with Gasteiger partial charge in [0, 0.05) is 18.8 Å². The lowest BCUT2D eigenvalue weighted by atomic mass is 10.1. The molecule has 0 radical (unpaired) electrons. The summed E-state index contributed by atoms with van der Waals surface area (Å²) in [5, 5.41) is 14.3. The maximum Gasteiger partial charge on any atom is 0.262 e. The second-order valence-corrected chi connectivity index (χ2v) is 7.61. The molecule has 0 spiro atoms. The van der Waals surface area contributed by atoms with E-state index in [-0.39, 0.29) is 11.5 Å². The van der Waals surface area contributed by atoms with Crippen LogP contribution in [-0.4, -0.2) is 30.5 Å². The molecule has 0 unspecified atom stereocenters. The minimum Gasteiger partial charge on any atom is -0.497 e. The molecule has 32 heavy (non-hydrogen) atoms. The van der Waals surface area contributed by atoms with Crippen LogP contribution in [0.5, 0.6) is 5.75 Å². The van der Waals surface area contributed by atoms with Crippen LogP contribution in [-0.2, 0) is 16.0 Å². The Kier molecular flexibility index (Phi) is 7.73. The molecule has 0 atom stereocenters. The molecule has 0 saturated carbocycles. The third-order valence-corrected chi connectivity index (χ3v) is 5.39. The molecule has 162 valence electrons. The Morgan fingerprint density at radius 2 is 1.91 bits per heavy atom. The fourth-order valence-electron chi connectivity index (χ4n) is 2.96. The number of aromatic nitrogens is 1. The smallest absolute Gasteiger partial charge is 0.262 e. The summed E-state index contributed by atoms with van der Waals surface area (Å²) in [5.74, 6) is 0.00715. The average molecular weight is 447 g/mol. The lowest BCUT2D eigenvalue weighted by Crippen LogP contribution is -2.26. The number of nitrogens with zero attached hydrogens (tertiary/aromatic N) is 3. The van der Waals surface area contributed by atoms with E-state index < -0.39 is 5.91 Å². The molecule has 0 aliphatic carbocycles. The third kappa shape index (κ3) is 5.80. The van der Waals surface area contributed by atoms with Crippen molar-refractivity contribution in [2.45, 2.75) is 13.3 Å². The number of ether oxygens (including phenoxy) is 1. The van der Waals surface area contributed by atoms with Crippen molar-refractivity contribution in [2.24, 2.45) is 0 Å². The largest absolute Gasteiger partial charge is 0.497 e. The highest BCUT2D eigenvalue weighted by Gasteiger charge is 2.18. The standard InChI is InChI=1S/C24H22N4O3S/c1-17(29)28(21-8-10-22(31-2)11-9-21)24-27-20(16-32-24)14-19(15-25)23(30)26-13-12-18-6-4-3-5-7-18/h3-11,14,16H,12-13H2,1-2H3,(H,26,30)/b19-14+. The maximum absolute atomic E-state index is 12.4. The number of amides is 2. The van der Waals surface area contributed by atoms with Crippen LogP contribution in [0.15, 0.2) is 65.6 Å². The van der Waals surface area contributed by atoms with Gasteiger partial charge in [0.25, 0.3) is 5.91 Å². The zero-order valence-corrected chi connectivity index (χ0v) is 18.6. The highest BCUT2D eigenvalue weighted by Crippen LogP contribution is 2.30.